The van der Waals surface area contributed by atoms with Gasteiger partial charge in [0.05, 0.1) is 6.54 Å². The lowest BCUT2D eigenvalue weighted by molar-refractivity contribution is 0.481. The van der Waals surface area contributed by atoms with Gasteiger partial charge in [-0.25, -0.2) is 4.39 Å². The minimum atomic E-state index is -0.195. The van der Waals surface area contributed by atoms with Crippen LogP contribution in [0.1, 0.15) is 30.4 Å². The van der Waals surface area contributed by atoms with E-state index in [1.807, 2.05) is 44.0 Å². The largest absolute Gasteiger partial charge is 0.464 e. The summed E-state index contributed by atoms with van der Waals surface area (Å²) in [7, 11) is 1.94. The molecule has 1 aromatic heterocycles. The highest BCUT2D eigenvalue weighted by Crippen LogP contribution is 2.25. The van der Waals surface area contributed by atoms with Crippen molar-refractivity contribution in [3.8, 4) is 0 Å². The third-order valence-electron chi connectivity index (χ3n) is 3.69. The summed E-state index contributed by atoms with van der Waals surface area (Å²) in [6.07, 6.45) is 1.37. The first-order chi connectivity index (χ1) is 10.0. The molecule has 1 aromatic carbocycles. The highest BCUT2D eigenvalue weighted by molar-refractivity contribution is 5.54. The van der Waals surface area contributed by atoms with E-state index in [1.165, 1.54) is 6.07 Å². The molecule has 0 amide bonds. The molecule has 0 aliphatic heterocycles. The smallest absolute Gasteiger partial charge is 0.128 e. The third kappa shape index (κ3) is 3.85. The maximum absolute atomic E-state index is 14.1. The van der Waals surface area contributed by atoms with Gasteiger partial charge >= 0.3 is 0 Å². The van der Waals surface area contributed by atoms with Crippen LogP contribution < -0.4 is 10.6 Å². The Morgan fingerprint density at radius 1 is 1.29 bits per heavy atom. The fourth-order valence-electron chi connectivity index (χ4n) is 2.40. The van der Waals surface area contributed by atoms with E-state index < -0.39 is 0 Å². The standard InChI is InChI=1S/C17H23FN2O/c1-4-13(19)10-15-16(18)6-5-7-17(15)20(3)11-14-9-8-12(2)21-14/h5-9,13H,4,10-11,19H2,1-3H3. The van der Waals surface area contributed by atoms with E-state index in [9.17, 15) is 4.39 Å². The van der Waals surface area contributed by atoms with Crippen LogP contribution in [0.15, 0.2) is 34.7 Å². The van der Waals surface area contributed by atoms with Crippen molar-refractivity contribution in [2.45, 2.75) is 39.3 Å². The van der Waals surface area contributed by atoms with E-state index in [4.69, 9.17) is 10.2 Å². The number of furan rings is 1. The van der Waals surface area contributed by atoms with Gasteiger partial charge in [0.25, 0.3) is 0 Å². The van der Waals surface area contributed by atoms with E-state index in [0.717, 1.165) is 23.6 Å². The van der Waals surface area contributed by atoms with Crippen molar-refractivity contribution in [3.05, 3.63) is 53.2 Å². The zero-order valence-corrected chi connectivity index (χ0v) is 12.9. The molecule has 21 heavy (non-hydrogen) atoms. The second kappa shape index (κ2) is 6.76. The topological polar surface area (TPSA) is 42.4 Å². The molecule has 0 aliphatic carbocycles. The van der Waals surface area contributed by atoms with Crippen LogP contribution in [0.5, 0.6) is 0 Å². The Morgan fingerprint density at radius 3 is 2.67 bits per heavy atom. The molecule has 0 spiro atoms. The van der Waals surface area contributed by atoms with Gasteiger partial charge in [0, 0.05) is 24.3 Å². The molecule has 1 unspecified atom stereocenters. The Morgan fingerprint density at radius 2 is 2.05 bits per heavy atom. The quantitative estimate of drug-likeness (QED) is 0.883. The van der Waals surface area contributed by atoms with Crippen molar-refractivity contribution in [1.29, 1.82) is 0 Å². The van der Waals surface area contributed by atoms with Crippen LogP contribution in [-0.4, -0.2) is 13.1 Å². The maximum atomic E-state index is 14.1. The van der Waals surface area contributed by atoms with E-state index in [0.29, 0.717) is 18.5 Å². The number of nitrogens with zero attached hydrogens (tertiary/aromatic N) is 1. The summed E-state index contributed by atoms with van der Waals surface area (Å²) in [6.45, 7) is 4.53. The first-order valence-electron chi connectivity index (χ1n) is 7.30. The molecule has 1 atom stereocenters. The van der Waals surface area contributed by atoms with Crippen molar-refractivity contribution >= 4 is 5.69 Å². The Balaban J connectivity index is 2.23. The molecule has 0 radical (unpaired) electrons. The molecule has 0 aliphatic rings. The number of nitrogens with two attached hydrogens (primary N) is 1. The predicted molar refractivity (Wildman–Crippen MR) is 83.9 cm³/mol. The molecule has 0 saturated heterocycles. The third-order valence-corrected chi connectivity index (χ3v) is 3.69. The van der Waals surface area contributed by atoms with Gasteiger partial charge in [-0.1, -0.05) is 13.0 Å². The van der Waals surface area contributed by atoms with Crippen LogP contribution in [0.4, 0.5) is 10.1 Å². The van der Waals surface area contributed by atoms with Crippen LogP contribution in [-0.2, 0) is 13.0 Å². The zero-order chi connectivity index (χ0) is 15.4. The molecule has 3 nitrogen and oxygen atoms in total. The van der Waals surface area contributed by atoms with Crippen LogP contribution in [0.3, 0.4) is 0 Å². The molecule has 1 heterocycles. The van der Waals surface area contributed by atoms with Crippen molar-refractivity contribution in [2.75, 3.05) is 11.9 Å². The first kappa shape index (κ1) is 15.6. The van der Waals surface area contributed by atoms with Crippen LogP contribution in [0.25, 0.3) is 0 Å². The Bertz CT molecular complexity index is 594. The minimum Gasteiger partial charge on any atom is -0.464 e. The summed E-state index contributed by atoms with van der Waals surface area (Å²) < 4.78 is 19.7. The lowest BCUT2D eigenvalue weighted by atomic mass is 10.0. The summed E-state index contributed by atoms with van der Waals surface area (Å²) in [5.41, 5.74) is 7.54. The fourth-order valence-corrected chi connectivity index (χ4v) is 2.40. The number of benzene rings is 1. The van der Waals surface area contributed by atoms with Gasteiger partial charge in [0.15, 0.2) is 0 Å². The van der Waals surface area contributed by atoms with E-state index >= 15 is 0 Å². The molecule has 0 bridgehead atoms. The highest BCUT2D eigenvalue weighted by atomic mass is 19.1. The second-order valence-corrected chi connectivity index (χ2v) is 5.48. The van der Waals surface area contributed by atoms with E-state index in [2.05, 4.69) is 0 Å². The highest BCUT2D eigenvalue weighted by Gasteiger charge is 2.15. The Labute approximate surface area is 125 Å². The summed E-state index contributed by atoms with van der Waals surface area (Å²) in [5.74, 6) is 1.55. The lowest BCUT2D eigenvalue weighted by Crippen LogP contribution is -2.25. The molecule has 0 saturated carbocycles. The second-order valence-electron chi connectivity index (χ2n) is 5.48. The summed E-state index contributed by atoms with van der Waals surface area (Å²) in [4.78, 5) is 2.00. The summed E-state index contributed by atoms with van der Waals surface area (Å²) in [5, 5.41) is 0. The van der Waals surface area contributed by atoms with Crippen molar-refractivity contribution < 1.29 is 8.81 Å². The van der Waals surface area contributed by atoms with Gasteiger partial charge in [-0.05, 0) is 44.0 Å². The number of aryl methyl sites for hydroxylation is 1. The average Bonchev–Trinajstić information content (AvgIpc) is 2.86. The normalized spacial score (nSPS) is 12.4. The Kier molecular flexibility index (Phi) is 5.02. The molecule has 2 aromatic rings. The van der Waals surface area contributed by atoms with Gasteiger partial charge in [0.2, 0.25) is 0 Å². The van der Waals surface area contributed by atoms with Gasteiger partial charge in [-0.2, -0.15) is 0 Å². The monoisotopic (exact) mass is 290 g/mol. The molecular weight excluding hydrogens is 267 g/mol. The van der Waals surface area contributed by atoms with Crippen LogP contribution in [0.2, 0.25) is 0 Å². The molecule has 0 fully saturated rings. The van der Waals surface area contributed by atoms with Crippen LogP contribution in [0, 0.1) is 12.7 Å². The molecular formula is C17H23FN2O. The fraction of sp³-hybridized carbons (Fsp3) is 0.412. The molecule has 2 N–H and O–H groups in total. The summed E-state index contributed by atoms with van der Waals surface area (Å²) >= 11 is 0. The van der Waals surface area contributed by atoms with Gasteiger partial charge < -0.3 is 15.1 Å². The van der Waals surface area contributed by atoms with Crippen molar-refractivity contribution in [1.82, 2.24) is 0 Å². The number of rotatable bonds is 6. The number of hydrogen-bond donors (Lipinski definition) is 1. The predicted octanol–water partition coefficient (Wildman–Crippen LogP) is 3.64. The molecule has 2 rings (SSSR count). The first-order valence-corrected chi connectivity index (χ1v) is 7.30. The number of anilines is 1. The van der Waals surface area contributed by atoms with Gasteiger partial charge in [0.1, 0.15) is 17.3 Å². The van der Waals surface area contributed by atoms with E-state index in [1.54, 1.807) is 6.07 Å². The number of hydrogen-bond acceptors (Lipinski definition) is 3. The molecule has 4 heteroatoms. The summed E-state index contributed by atoms with van der Waals surface area (Å²) in [6, 6.07) is 9.00. The SMILES string of the molecule is CCC(N)Cc1c(F)cccc1N(C)Cc1ccc(C)o1. The molecule has 114 valence electrons. The minimum absolute atomic E-state index is 0.0279. The van der Waals surface area contributed by atoms with E-state index in [-0.39, 0.29) is 11.9 Å². The van der Waals surface area contributed by atoms with Gasteiger partial charge in [-0.15, -0.1) is 0 Å². The lowest BCUT2D eigenvalue weighted by Gasteiger charge is -2.23. The average molecular weight is 290 g/mol. The van der Waals surface area contributed by atoms with Crippen LogP contribution >= 0.6 is 0 Å². The zero-order valence-electron chi connectivity index (χ0n) is 12.9. The number of halogens is 1. The Hall–Kier alpha value is -1.81. The van der Waals surface area contributed by atoms with Crippen molar-refractivity contribution in [2.24, 2.45) is 5.73 Å². The van der Waals surface area contributed by atoms with Gasteiger partial charge in [-0.3, -0.25) is 0 Å². The maximum Gasteiger partial charge on any atom is 0.128 e. The van der Waals surface area contributed by atoms with Crippen molar-refractivity contribution in [3.63, 3.8) is 0 Å².